The molecular weight excluding hydrogens is 707 g/mol. The first-order valence-electron chi connectivity index (χ1n) is 18.5. The lowest BCUT2D eigenvalue weighted by Crippen LogP contribution is -2.00. The maximum atomic E-state index is 9.81. The van der Waals surface area contributed by atoms with Gasteiger partial charge in [-0.05, 0) is 68.0 Å². The van der Waals surface area contributed by atoms with E-state index in [1.165, 1.54) is 68.6 Å². The molecule has 12 rings (SSSR count). The van der Waals surface area contributed by atoms with Crippen molar-refractivity contribution in [3.63, 3.8) is 0 Å². The van der Waals surface area contributed by atoms with E-state index in [2.05, 4.69) is 168 Å². The molecule has 0 aliphatic heterocycles. The van der Waals surface area contributed by atoms with Crippen LogP contribution in [-0.4, -0.2) is 16.6 Å². The monoisotopic (exact) mass is 735 g/mol. The Morgan fingerprint density at radius 2 is 1.00 bits per heavy atom. The first kappa shape index (κ1) is 30.8. The van der Waals surface area contributed by atoms with Crippen LogP contribution in [0.3, 0.4) is 0 Å². The maximum Gasteiger partial charge on any atom is 0.100 e. The molecule has 3 aromatic heterocycles. The summed E-state index contributed by atoms with van der Waals surface area (Å²) >= 11 is 3.43. The molecule has 12 aromatic rings. The summed E-state index contributed by atoms with van der Waals surface area (Å²) in [6.07, 6.45) is 2.00. The van der Waals surface area contributed by atoms with Crippen molar-refractivity contribution in [1.82, 2.24) is 4.57 Å². The Hall–Kier alpha value is -6.66. The Balaban J connectivity index is 1.15. The zero-order chi connectivity index (χ0) is 36.2. The van der Waals surface area contributed by atoms with E-state index in [9.17, 15) is 5.41 Å². The molecule has 0 atom stereocenters. The molecule has 0 saturated carbocycles. The van der Waals surface area contributed by atoms with E-state index < -0.39 is 0 Å². The summed E-state index contributed by atoms with van der Waals surface area (Å²) in [5.41, 5.74) is 4.48. The van der Waals surface area contributed by atoms with Gasteiger partial charge >= 0.3 is 0 Å². The molecule has 55 heavy (non-hydrogen) atoms. The van der Waals surface area contributed by atoms with Crippen LogP contribution < -0.4 is 0 Å². The van der Waals surface area contributed by atoms with Gasteiger partial charge in [0.2, 0.25) is 0 Å². The predicted molar refractivity (Wildman–Crippen MR) is 240 cm³/mol. The summed E-state index contributed by atoms with van der Waals surface area (Å²) in [6, 6.07) is 58.7. The second kappa shape index (κ2) is 11.7. The van der Waals surface area contributed by atoms with Gasteiger partial charge in [0.15, 0.2) is 0 Å². The number of hydrogen-bond donors (Lipinski definition) is 1. The smallest absolute Gasteiger partial charge is 0.100 e. The summed E-state index contributed by atoms with van der Waals surface area (Å²) in [5, 5.41) is 25.6. The van der Waals surface area contributed by atoms with Crippen molar-refractivity contribution < 1.29 is 0 Å². The van der Waals surface area contributed by atoms with Crippen molar-refractivity contribution >= 4 is 136 Å². The van der Waals surface area contributed by atoms with Crippen molar-refractivity contribution in [3.8, 4) is 0 Å². The minimum absolute atomic E-state index is 0.500. The molecule has 1 N–H and O–H groups in total. The third kappa shape index (κ3) is 4.36. The van der Waals surface area contributed by atoms with E-state index in [-0.39, 0.29) is 0 Å². The number of thiophene rings is 2. The Labute approximate surface area is 323 Å². The first-order chi connectivity index (χ1) is 27.2. The van der Waals surface area contributed by atoms with Gasteiger partial charge < -0.3 is 0 Å². The molecule has 0 amide bonds. The molecule has 5 heteroatoms. The van der Waals surface area contributed by atoms with Crippen LogP contribution >= 0.6 is 22.7 Å². The van der Waals surface area contributed by atoms with Crippen LogP contribution in [0.5, 0.6) is 0 Å². The Kier molecular flexibility index (Phi) is 6.53. The first-order valence-corrected chi connectivity index (χ1v) is 20.1. The van der Waals surface area contributed by atoms with Crippen LogP contribution in [-0.2, 0) is 0 Å². The summed E-state index contributed by atoms with van der Waals surface area (Å²) in [7, 11) is 0. The molecule has 0 unspecified atom stereocenters. The van der Waals surface area contributed by atoms with Gasteiger partial charge in [-0.2, -0.15) is 0 Å². The highest BCUT2D eigenvalue weighted by atomic mass is 32.1. The number of fused-ring (bicyclic) bond motifs is 16. The fraction of sp³-hybridized carbons (Fsp3) is 0. The van der Waals surface area contributed by atoms with Crippen molar-refractivity contribution in [2.75, 3.05) is 0 Å². The standard InChI is InChI=1S/C50H29N3S2/c51-48(38-20-11-23-43-44(38)36-18-7-9-21-41(36)54-43)50-49(37-19-8-10-22-42(37)55-50)52-28-53-39-26-24-29-12-1-2-13-30(29)46(39)47-40(53)27-25-35-33-16-4-3-14-31(33)32-15-5-6-17-34(32)45(35)47/h1-28,51H/b51-48?,52-28+. The maximum absolute atomic E-state index is 9.81. The van der Waals surface area contributed by atoms with E-state index >= 15 is 0 Å². The zero-order valence-electron chi connectivity index (χ0n) is 29.4. The minimum atomic E-state index is 0.500. The quantitative estimate of drug-likeness (QED) is 0.106. The third-order valence-corrected chi connectivity index (χ3v) is 13.6. The Morgan fingerprint density at radius 3 is 1.78 bits per heavy atom. The van der Waals surface area contributed by atoms with Crippen LogP contribution in [0, 0.1) is 5.41 Å². The van der Waals surface area contributed by atoms with Gasteiger partial charge in [0.1, 0.15) is 6.34 Å². The number of aromatic nitrogens is 1. The van der Waals surface area contributed by atoms with Crippen LogP contribution in [0.2, 0.25) is 0 Å². The average Bonchev–Trinajstić information content (AvgIpc) is 3.92. The predicted octanol–water partition coefficient (Wildman–Crippen LogP) is 14.6. The second-order valence-corrected chi connectivity index (χ2v) is 16.3. The summed E-state index contributed by atoms with van der Waals surface area (Å²) < 4.78 is 5.82. The molecule has 0 spiro atoms. The number of nitrogens with one attached hydrogen (secondary N) is 1. The van der Waals surface area contributed by atoms with Crippen LogP contribution in [0.25, 0.3) is 95.2 Å². The molecule has 0 radical (unpaired) electrons. The molecule has 3 heterocycles. The summed E-state index contributed by atoms with van der Waals surface area (Å²) in [6.45, 7) is 0. The van der Waals surface area contributed by atoms with E-state index in [0.29, 0.717) is 5.71 Å². The highest BCUT2D eigenvalue weighted by Gasteiger charge is 2.22. The lowest BCUT2D eigenvalue weighted by Gasteiger charge is -2.12. The van der Waals surface area contributed by atoms with Gasteiger partial charge in [-0.3, -0.25) is 9.98 Å². The van der Waals surface area contributed by atoms with Gasteiger partial charge in [0.05, 0.1) is 27.3 Å². The van der Waals surface area contributed by atoms with Gasteiger partial charge in [-0.15, -0.1) is 22.7 Å². The normalized spacial score (nSPS) is 12.4. The highest BCUT2D eigenvalue weighted by Crippen LogP contribution is 2.45. The van der Waals surface area contributed by atoms with E-state index in [1.807, 2.05) is 6.34 Å². The van der Waals surface area contributed by atoms with E-state index in [1.54, 1.807) is 22.7 Å². The molecule has 0 aliphatic carbocycles. The second-order valence-electron chi connectivity index (χ2n) is 14.2. The molecule has 0 fully saturated rings. The Bertz CT molecular complexity index is 3600. The number of benzene rings is 9. The number of nitrogens with zero attached hydrogens (tertiary/aromatic N) is 2. The third-order valence-electron chi connectivity index (χ3n) is 11.3. The number of aliphatic imine (C=N–C) groups is 1. The van der Waals surface area contributed by atoms with Crippen LogP contribution in [0.1, 0.15) is 10.4 Å². The fourth-order valence-corrected chi connectivity index (χ4v) is 11.2. The van der Waals surface area contributed by atoms with Gasteiger partial charge in [-0.1, -0.05) is 133 Å². The Morgan fingerprint density at radius 1 is 0.436 bits per heavy atom. The van der Waals surface area contributed by atoms with Crippen molar-refractivity contribution in [2.45, 2.75) is 0 Å². The molecule has 9 aromatic carbocycles. The SMILES string of the molecule is N=C(c1sc2ccccc2c1/N=C/n1c2ccc3ccccc3c2c2c3c4ccccc4c4ccccc4c3ccc21)c1cccc2sc3ccccc3c12. The zero-order valence-corrected chi connectivity index (χ0v) is 31.0. The lowest BCUT2D eigenvalue weighted by molar-refractivity contribution is 1.31. The van der Waals surface area contributed by atoms with Gasteiger partial charge in [0.25, 0.3) is 0 Å². The van der Waals surface area contributed by atoms with Crippen molar-refractivity contribution in [2.24, 2.45) is 4.99 Å². The van der Waals surface area contributed by atoms with E-state index in [4.69, 9.17) is 4.99 Å². The topological polar surface area (TPSA) is 41.1 Å². The van der Waals surface area contributed by atoms with Crippen molar-refractivity contribution in [3.05, 3.63) is 174 Å². The highest BCUT2D eigenvalue weighted by molar-refractivity contribution is 7.26. The summed E-state index contributed by atoms with van der Waals surface area (Å²) in [4.78, 5) is 6.27. The van der Waals surface area contributed by atoms with Gasteiger partial charge in [0, 0.05) is 52.0 Å². The fourth-order valence-electron chi connectivity index (χ4n) is 8.97. The average molecular weight is 736 g/mol. The molecule has 0 bridgehead atoms. The van der Waals surface area contributed by atoms with Crippen molar-refractivity contribution in [1.29, 1.82) is 5.41 Å². The van der Waals surface area contributed by atoms with E-state index in [0.717, 1.165) is 42.6 Å². The van der Waals surface area contributed by atoms with Gasteiger partial charge in [-0.25, -0.2) is 4.99 Å². The molecular formula is C50H29N3S2. The summed E-state index contributed by atoms with van der Waals surface area (Å²) in [5.74, 6) is 0. The molecule has 0 aliphatic rings. The minimum Gasteiger partial charge on any atom is -0.300 e. The molecule has 0 saturated heterocycles. The number of rotatable bonds is 4. The lowest BCUT2D eigenvalue weighted by atomic mass is 9.91. The van der Waals surface area contributed by atoms with Crippen LogP contribution in [0.15, 0.2) is 169 Å². The largest absolute Gasteiger partial charge is 0.300 e. The van der Waals surface area contributed by atoms with Crippen LogP contribution in [0.4, 0.5) is 5.69 Å². The molecule has 3 nitrogen and oxygen atoms in total. The molecule has 256 valence electrons. The number of hydrogen-bond acceptors (Lipinski definition) is 4.